The minimum atomic E-state index is -0.189. The van der Waals surface area contributed by atoms with Gasteiger partial charge in [0.25, 0.3) is 0 Å². The molecule has 2 aliphatic rings. The lowest BCUT2D eigenvalue weighted by molar-refractivity contribution is -0.132. The lowest BCUT2D eigenvalue weighted by Crippen LogP contribution is -2.44. The summed E-state index contributed by atoms with van der Waals surface area (Å²) in [4.78, 5) is 14.2. The molecule has 0 aromatic heterocycles. The van der Waals surface area contributed by atoms with Crippen molar-refractivity contribution in [2.75, 3.05) is 26.4 Å². The summed E-state index contributed by atoms with van der Waals surface area (Å²) in [7, 11) is 0. The molecule has 4 nitrogen and oxygen atoms in total. The monoisotopic (exact) mass is 226 g/mol. The molecule has 1 aliphatic heterocycles. The van der Waals surface area contributed by atoms with Crippen LogP contribution in [0, 0.1) is 0 Å². The van der Waals surface area contributed by atoms with E-state index in [0.717, 1.165) is 45.7 Å². The molecule has 0 radical (unpaired) electrons. The van der Waals surface area contributed by atoms with Crippen LogP contribution in [0.3, 0.4) is 0 Å². The lowest BCUT2D eigenvalue weighted by Gasteiger charge is -2.21. The quantitative estimate of drug-likeness (QED) is 0.714. The van der Waals surface area contributed by atoms with Crippen LogP contribution >= 0.6 is 0 Å². The highest BCUT2D eigenvalue weighted by Gasteiger charge is 2.47. The van der Waals surface area contributed by atoms with Crippen LogP contribution < -0.4 is 5.32 Å². The molecule has 1 heterocycles. The first-order valence-corrected chi connectivity index (χ1v) is 6.41. The molecule has 1 amide bonds. The molecule has 0 aromatic rings. The summed E-state index contributed by atoms with van der Waals surface area (Å²) in [6.07, 6.45) is 5.36. The molecule has 0 bridgehead atoms. The predicted octanol–water partition coefficient (Wildman–Crippen LogP) is 1.12. The van der Waals surface area contributed by atoms with Gasteiger partial charge < -0.3 is 9.64 Å². The Balaban J connectivity index is 1.78. The Morgan fingerprint density at radius 3 is 2.88 bits per heavy atom. The van der Waals surface area contributed by atoms with Crippen molar-refractivity contribution in [3.8, 4) is 0 Å². The van der Waals surface area contributed by atoms with Crippen molar-refractivity contribution >= 4 is 5.91 Å². The van der Waals surface area contributed by atoms with E-state index in [1.165, 1.54) is 12.8 Å². The van der Waals surface area contributed by atoms with Crippen LogP contribution in [-0.4, -0.2) is 42.8 Å². The van der Waals surface area contributed by atoms with E-state index in [0.29, 0.717) is 5.91 Å². The zero-order valence-electron chi connectivity index (χ0n) is 10.1. The third-order valence-electron chi connectivity index (χ3n) is 3.68. The Hall–Kier alpha value is -0.610. The average molecular weight is 226 g/mol. The number of nitrogens with one attached hydrogen (secondary N) is 1. The summed E-state index contributed by atoms with van der Waals surface area (Å²) < 4.78 is 5.29. The normalized spacial score (nSPS) is 23.6. The van der Waals surface area contributed by atoms with Crippen molar-refractivity contribution in [3.63, 3.8) is 0 Å². The predicted molar refractivity (Wildman–Crippen MR) is 62.0 cm³/mol. The molecule has 1 aliphatic carbocycles. The molecule has 0 unspecified atom stereocenters. The number of nitrogens with zero attached hydrogens (tertiary/aromatic N) is 1. The molecular weight excluding hydrogens is 204 g/mol. The number of amides is 1. The topological polar surface area (TPSA) is 41.6 Å². The van der Waals surface area contributed by atoms with Crippen molar-refractivity contribution in [2.24, 2.45) is 0 Å². The number of carbonyl (C=O) groups excluding carboxylic acids is 1. The lowest BCUT2D eigenvalue weighted by atomic mass is 9.98. The first-order chi connectivity index (χ1) is 7.78. The Morgan fingerprint density at radius 1 is 1.44 bits per heavy atom. The maximum atomic E-state index is 12.2. The summed E-state index contributed by atoms with van der Waals surface area (Å²) >= 11 is 0. The van der Waals surface area contributed by atoms with Gasteiger partial charge in [-0.25, -0.2) is 0 Å². The largest absolute Gasteiger partial charge is 0.382 e. The average Bonchev–Trinajstić information content (AvgIpc) is 2.87. The van der Waals surface area contributed by atoms with E-state index in [2.05, 4.69) is 5.32 Å². The molecule has 2 rings (SSSR count). The van der Waals surface area contributed by atoms with Gasteiger partial charge >= 0.3 is 0 Å². The number of hydrogen-bond acceptors (Lipinski definition) is 3. The van der Waals surface area contributed by atoms with Gasteiger partial charge in [0, 0.05) is 19.8 Å². The zero-order valence-corrected chi connectivity index (χ0v) is 10.1. The van der Waals surface area contributed by atoms with Crippen LogP contribution in [0.1, 0.15) is 39.0 Å². The molecule has 0 aromatic carbocycles. The number of ether oxygens (including phenoxy) is 1. The highest BCUT2D eigenvalue weighted by Crippen LogP contribution is 2.34. The first kappa shape index (κ1) is 11.9. The number of carbonyl (C=O) groups is 1. The van der Waals surface area contributed by atoms with Gasteiger partial charge in [-0.3, -0.25) is 10.1 Å². The maximum absolute atomic E-state index is 12.2. The van der Waals surface area contributed by atoms with Gasteiger partial charge in [-0.2, -0.15) is 0 Å². The van der Waals surface area contributed by atoms with Gasteiger partial charge in [0.05, 0.1) is 12.2 Å². The summed E-state index contributed by atoms with van der Waals surface area (Å²) in [6.45, 7) is 5.07. The van der Waals surface area contributed by atoms with E-state index in [1.807, 2.05) is 11.8 Å². The molecule has 2 fully saturated rings. The molecule has 16 heavy (non-hydrogen) atoms. The van der Waals surface area contributed by atoms with Gasteiger partial charge in [0.1, 0.15) is 0 Å². The van der Waals surface area contributed by atoms with E-state index in [4.69, 9.17) is 4.74 Å². The van der Waals surface area contributed by atoms with Crippen molar-refractivity contribution in [1.82, 2.24) is 10.2 Å². The van der Waals surface area contributed by atoms with E-state index in [9.17, 15) is 4.79 Å². The fraction of sp³-hybridized carbons (Fsp3) is 0.917. The van der Waals surface area contributed by atoms with Crippen LogP contribution in [0.2, 0.25) is 0 Å². The van der Waals surface area contributed by atoms with Crippen LogP contribution in [0.5, 0.6) is 0 Å². The Bertz CT molecular complexity index is 249. The highest BCUT2D eigenvalue weighted by molar-refractivity contribution is 5.88. The fourth-order valence-corrected chi connectivity index (χ4v) is 2.75. The molecule has 1 N–H and O–H groups in total. The second-order valence-electron chi connectivity index (χ2n) is 4.74. The summed E-state index contributed by atoms with van der Waals surface area (Å²) in [5.74, 6) is 0.321. The van der Waals surface area contributed by atoms with Crippen LogP contribution in [0.15, 0.2) is 0 Å². The van der Waals surface area contributed by atoms with Crippen LogP contribution in [0.25, 0.3) is 0 Å². The molecule has 1 spiro atoms. The Morgan fingerprint density at radius 2 is 2.19 bits per heavy atom. The Kier molecular flexibility index (Phi) is 3.82. The first-order valence-electron chi connectivity index (χ1n) is 6.41. The molecule has 0 atom stereocenters. The molecule has 92 valence electrons. The van der Waals surface area contributed by atoms with Crippen molar-refractivity contribution < 1.29 is 9.53 Å². The van der Waals surface area contributed by atoms with E-state index < -0.39 is 0 Å². The minimum Gasteiger partial charge on any atom is -0.382 e. The van der Waals surface area contributed by atoms with Gasteiger partial charge in [-0.1, -0.05) is 12.8 Å². The standard InChI is InChI=1S/C12H22N2O2/c1-2-16-9-5-8-14-10-13-12(11(14)15)6-3-4-7-12/h13H,2-10H2,1H3. The second kappa shape index (κ2) is 5.15. The summed E-state index contributed by atoms with van der Waals surface area (Å²) in [5, 5.41) is 3.41. The van der Waals surface area contributed by atoms with Crippen LogP contribution in [-0.2, 0) is 9.53 Å². The summed E-state index contributed by atoms with van der Waals surface area (Å²) in [5.41, 5.74) is -0.189. The van der Waals surface area contributed by atoms with Crippen molar-refractivity contribution in [1.29, 1.82) is 0 Å². The van der Waals surface area contributed by atoms with Gasteiger partial charge in [0.2, 0.25) is 5.91 Å². The van der Waals surface area contributed by atoms with Crippen molar-refractivity contribution in [3.05, 3.63) is 0 Å². The third kappa shape index (κ3) is 2.23. The van der Waals surface area contributed by atoms with E-state index in [1.54, 1.807) is 0 Å². The number of hydrogen-bond donors (Lipinski definition) is 1. The van der Waals surface area contributed by atoms with Gasteiger partial charge in [0.15, 0.2) is 0 Å². The third-order valence-corrected chi connectivity index (χ3v) is 3.68. The maximum Gasteiger partial charge on any atom is 0.243 e. The second-order valence-corrected chi connectivity index (χ2v) is 4.74. The zero-order chi connectivity index (χ0) is 11.4. The van der Waals surface area contributed by atoms with Crippen molar-refractivity contribution in [2.45, 2.75) is 44.6 Å². The molecular formula is C12H22N2O2. The van der Waals surface area contributed by atoms with E-state index in [-0.39, 0.29) is 5.54 Å². The SMILES string of the molecule is CCOCCCN1CNC2(CCCC2)C1=O. The van der Waals surface area contributed by atoms with Gasteiger partial charge in [-0.15, -0.1) is 0 Å². The highest BCUT2D eigenvalue weighted by atomic mass is 16.5. The van der Waals surface area contributed by atoms with Gasteiger partial charge in [-0.05, 0) is 26.2 Å². The fourth-order valence-electron chi connectivity index (χ4n) is 2.75. The Labute approximate surface area is 97.3 Å². The molecule has 1 saturated heterocycles. The molecule has 4 heteroatoms. The smallest absolute Gasteiger partial charge is 0.243 e. The van der Waals surface area contributed by atoms with Crippen LogP contribution in [0.4, 0.5) is 0 Å². The minimum absolute atomic E-state index is 0.189. The number of rotatable bonds is 5. The summed E-state index contributed by atoms with van der Waals surface area (Å²) in [6, 6.07) is 0. The van der Waals surface area contributed by atoms with E-state index >= 15 is 0 Å². The molecule has 1 saturated carbocycles.